The van der Waals surface area contributed by atoms with Crippen molar-refractivity contribution in [1.82, 2.24) is 15.3 Å². The van der Waals surface area contributed by atoms with Crippen LogP contribution in [0, 0.1) is 11.8 Å². The van der Waals surface area contributed by atoms with Gasteiger partial charge in [-0.1, -0.05) is 17.5 Å². The Labute approximate surface area is 123 Å². The number of carbonyl (C=O) groups excluding carboxylic acids is 1. The standard InChI is InChI=1S/C13H17ClN4O2/c1-13(2,3)20-12(19)16-7-5-4-6-9-11(15)17-8-10(14)18-9/h8H,5,7H2,1-3H3,(H2,15,17)(H,16,19). The summed E-state index contributed by atoms with van der Waals surface area (Å²) in [6.45, 7) is 5.77. The molecule has 0 aromatic carbocycles. The van der Waals surface area contributed by atoms with Gasteiger partial charge < -0.3 is 15.8 Å². The fourth-order valence-corrected chi connectivity index (χ4v) is 1.29. The first-order valence-corrected chi connectivity index (χ1v) is 6.39. The van der Waals surface area contributed by atoms with Gasteiger partial charge in [0.05, 0.1) is 6.20 Å². The highest BCUT2D eigenvalue weighted by molar-refractivity contribution is 6.29. The number of anilines is 1. The number of carbonyl (C=O) groups is 1. The van der Waals surface area contributed by atoms with E-state index in [4.69, 9.17) is 22.1 Å². The van der Waals surface area contributed by atoms with Crippen LogP contribution in [0.1, 0.15) is 32.9 Å². The van der Waals surface area contributed by atoms with Crippen molar-refractivity contribution < 1.29 is 9.53 Å². The molecule has 0 saturated carbocycles. The predicted octanol–water partition coefficient (Wildman–Crippen LogP) is 1.98. The third-order valence-electron chi connectivity index (χ3n) is 1.90. The van der Waals surface area contributed by atoms with Gasteiger partial charge in [-0.15, -0.1) is 0 Å². The number of aromatic nitrogens is 2. The third-order valence-corrected chi connectivity index (χ3v) is 2.08. The summed E-state index contributed by atoms with van der Waals surface area (Å²) in [5.41, 5.74) is 5.41. The first kappa shape index (κ1) is 16.1. The molecule has 0 atom stereocenters. The van der Waals surface area contributed by atoms with Crippen LogP contribution in [0.5, 0.6) is 0 Å². The fraction of sp³-hybridized carbons (Fsp3) is 0.462. The normalized spacial score (nSPS) is 10.4. The van der Waals surface area contributed by atoms with Gasteiger partial charge in [-0.25, -0.2) is 14.8 Å². The second-order valence-corrected chi connectivity index (χ2v) is 5.29. The zero-order valence-corrected chi connectivity index (χ0v) is 12.4. The number of rotatable bonds is 2. The van der Waals surface area contributed by atoms with Crippen molar-refractivity contribution in [3.63, 3.8) is 0 Å². The topological polar surface area (TPSA) is 90.1 Å². The van der Waals surface area contributed by atoms with E-state index in [0.29, 0.717) is 18.7 Å². The van der Waals surface area contributed by atoms with Crippen LogP contribution in [0.3, 0.4) is 0 Å². The Kier molecular flexibility index (Phi) is 5.59. The van der Waals surface area contributed by atoms with Crippen LogP contribution in [0.2, 0.25) is 5.15 Å². The summed E-state index contributed by atoms with van der Waals surface area (Å²) >= 11 is 5.69. The number of hydrogen-bond acceptors (Lipinski definition) is 5. The van der Waals surface area contributed by atoms with Crippen LogP contribution in [-0.4, -0.2) is 28.2 Å². The van der Waals surface area contributed by atoms with Crippen LogP contribution in [0.4, 0.5) is 10.6 Å². The number of amides is 1. The van der Waals surface area contributed by atoms with Gasteiger partial charge in [0.25, 0.3) is 0 Å². The number of nitrogens with two attached hydrogens (primary N) is 1. The fourth-order valence-electron chi connectivity index (χ4n) is 1.16. The maximum atomic E-state index is 11.3. The number of hydrogen-bond donors (Lipinski definition) is 2. The van der Waals surface area contributed by atoms with Crippen LogP contribution in [0.25, 0.3) is 0 Å². The molecule has 0 aliphatic carbocycles. The highest BCUT2D eigenvalue weighted by Crippen LogP contribution is 2.08. The van der Waals surface area contributed by atoms with Crippen LogP contribution in [0.15, 0.2) is 6.20 Å². The molecule has 0 unspecified atom stereocenters. The SMILES string of the molecule is CC(C)(C)OC(=O)NCCC#Cc1nc(Cl)cnc1N. The smallest absolute Gasteiger partial charge is 0.407 e. The summed E-state index contributed by atoms with van der Waals surface area (Å²) in [7, 11) is 0. The molecule has 0 bridgehead atoms. The lowest BCUT2D eigenvalue weighted by Gasteiger charge is -2.19. The lowest BCUT2D eigenvalue weighted by atomic mass is 10.2. The summed E-state index contributed by atoms with van der Waals surface area (Å²) in [6, 6.07) is 0. The van der Waals surface area contributed by atoms with E-state index >= 15 is 0 Å². The number of nitrogen functional groups attached to an aromatic ring is 1. The second kappa shape index (κ2) is 6.96. The van der Waals surface area contributed by atoms with Gasteiger partial charge >= 0.3 is 6.09 Å². The molecule has 20 heavy (non-hydrogen) atoms. The number of alkyl carbamates (subject to hydrolysis) is 1. The minimum absolute atomic E-state index is 0.224. The quantitative estimate of drug-likeness (QED) is 0.643. The highest BCUT2D eigenvalue weighted by atomic mass is 35.5. The molecule has 1 heterocycles. The lowest BCUT2D eigenvalue weighted by molar-refractivity contribution is 0.0529. The largest absolute Gasteiger partial charge is 0.444 e. The average molecular weight is 297 g/mol. The minimum Gasteiger partial charge on any atom is -0.444 e. The van der Waals surface area contributed by atoms with Crippen molar-refractivity contribution >= 4 is 23.5 Å². The molecule has 1 rings (SSSR count). The van der Waals surface area contributed by atoms with Gasteiger partial charge in [0.2, 0.25) is 0 Å². The molecule has 1 amide bonds. The van der Waals surface area contributed by atoms with Crippen molar-refractivity contribution in [2.75, 3.05) is 12.3 Å². The summed E-state index contributed by atoms with van der Waals surface area (Å²) in [4.78, 5) is 19.1. The molecule has 0 saturated heterocycles. The van der Waals surface area contributed by atoms with E-state index in [9.17, 15) is 4.79 Å². The van der Waals surface area contributed by atoms with E-state index in [1.165, 1.54) is 6.20 Å². The van der Waals surface area contributed by atoms with E-state index in [1.807, 2.05) is 0 Å². The molecule has 7 heteroatoms. The van der Waals surface area contributed by atoms with Gasteiger partial charge in [-0.05, 0) is 26.7 Å². The summed E-state index contributed by atoms with van der Waals surface area (Å²) in [6.07, 6.45) is 1.32. The monoisotopic (exact) mass is 296 g/mol. The van der Waals surface area contributed by atoms with E-state index < -0.39 is 11.7 Å². The Hall–Kier alpha value is -2.00. The van der Waals surface area contributed by atoms with Crippen LogP contribution < -0.4 is 11.1 Å². The zero-order valence-electron chi connectivity index (χ0n) is 11.7. The molecule has 108 valence electrons. The molecular formula is C13H17ClN4O2. The van der Waals surface area contributed by atoms with Gasteiger partial charge in [0, 0.05) is 13.0 Å². The Morgan fingerprint density at radius 2 is 2.25 bits per heavy atom. The summed E-state index contributed by atoms with van der Waals surface area (Å²) < 4.78 is 5.08. The number of halogens is 1. The zero-order chi connectivity index (χ0) is 15.2. The summed E-state index contributed by atoms with van der Waals surface area (Å²) in [5, 5.41) is 2.83. The minimum atomic E-state index is -0.513. The molecule has 0 radical (unpaired) electrons. The van der Waals surface area contributed by atoms with E-state index in [0.717, 1.165) is 0 Å². The van der Waals surface area contributed by atoms with Gasteiger partial charge in [0.1, 0.15) is 10.8 Å². The molecule has 1 aromatic rings. The lowest BCUT2D eigenvalue weighted by Crippen LogP contribution is -2.32. The van der Waals surface area contributed by atoms with Gasteiger partial charge in [-0.2, -0.15) is 0 Å². The van der Waals surface area contributed by atoms with Crippen molar-refractivity contribution in [1.29, 1.82) is 0 Å². The van der Waals surface area contributed by atoms with Crippen molar-refractivity contribution in [2.24, 2.45) is 0 Å². The van der Waals surface area contributed by atoms with Gasteiger partial charge in [-0.3, -0.25) is 0 Å². The van der Waals surface area contributed by atoms with E-state index in [2.05, 4.69) is 27.1 Å². The van der Waals surface area contributed by atoms with Crippen LogP contribution >= 0.6 is 11.6 Å². The third kappa shape index (κ3) is 6.25. The first-order chi connectivity index (χ1) is 9.28. The van der Waals surface area contributed by atoms with Crippen LogP contribution in [-0.2, 0) is 4.74 Å². The molecule has 0 fully saturated rings. The molecule has 3 N–H and O–H groups in total. The van der Waals surface area contributed by atoms with E-state index in [1.54, 1.807) is 20.8 Å². The highest BCUT2D eigenvalue weighted by Gasteiger charge is 2.15. The molecule has 0 spiro atoms. The van der Waals surface area contributed by atoms with Crippen molar-refractivity contribution in [2.45, 2.75) is 32.8 Å². The molecular weight excluding hydrogens is 280 g/mol. The molecule has 1 aromatic heterocycles. The maximum Gasteiger partial charge on any atom is 0.407 e. The van der Waals surface area contributed by atoms with Crippen molar-refractivity contribution in [3.8, 4) is 11.8 Å². The molecule has 0 aliphatic heterocycles. The Bertz CT molecular complexity index is 544. The predicted molar refractivity (Wildman–Crippen MR) is 77.2 cm³/mol. The summed E-state index contributed by atoms with van der Waals surface area (Å²) in [5.74, 6) is 5.80. The average Bonchev–Trinajstić information content (AvgIpc) is 2.30. The molecule has 0 aliphatic rings. The first-order valence-electron chi connectivity index (χ1n) is 6.01. The van der Waals surface area contributed by atoms with Crippen molar-refractivity contribution in [3.05, 3.63) is 17.0 Å². The number of nitrogens with one attached hydrogen (secondary N) is 1. The molecule has 6 nitrogen and oxygen atoms in total. The Morgan fingerprint density at radius 3 is 2.90 bits per heavy atom. The van der Waals surface area contributed by atoms with E-state index in [-0.39, 0.29) is 11.0 Å². The maximum absolute atomic E-state index is 11.3. The number of nitrogens with zero attached hydrogens (tertiary/aromatic N) is 2. The second-order valence-electron chi connectivity index (χ2n) is 4.91. The Morgan fingerprint density at radius 1 is 1.55 bits per heavy atom. The number of ether oxygens (including phenoxy) is 1. The Balaban J connectivity index is 2.40. The van der Waals surface area contributed by atoms with Gasteiger partial charge in [0.15, 0.2) is 11.5 Å².